The predicted octanol–water partition coefficient (Wildman–Crippen LogP) is -0.820. The van der Waals surface area contributed by atoms with Crippen LogP contribution < -0.4 is 15.2 Å². The molecule has 0 saturated carbocycles. The lowest BCUT2D eigenvalue weighted by atomic mass is 10.6. The lowest BCUT2D eigenvalue weighted by Crippen LogP contribution is -2.54. The van der Waals surface area contributed by atoms with E-state index >= 15 is 0 Å². The van der Waals surface area contributed by atoms with Crippen molar-refractivity contribution in [3.63, 3.8) is 0 Å². The summed E-state index contributed by atoms with van der Waals surface area (Å²) in [6.07, 6.45) is -4.15. The van der Waals surface area contributed by atoms with Crippen molar-refractivity contribution in [2.75, 3.05) is 0 Å². The Morgan fingerprint density at radius 2 is 2.14 bits per heavy atom. The number of hydrogen-bond acceptors (Lipinski definition) is 3. The SMILES string of the molecule is O=C(O[n+]1cccc(=O)[nH]1)C(F)(F)F. The zero-order valence-corrected chi connectivity index (χ0v) is 6.54. The topological polar surface area (TPSA) is 63.0 Å². The molecule has 1 aromatic rings. The number of rotatable bonds is 1. The summed E-state index contributed by atoms with van der Waals surface area (Å²) in [7, 11) is 0. The molecule has 1 rings (SSSR count). The van der Waals surface area contributed by atoms with Gasteiger partial charge >= 0.3 is 17.7 Å². The van der Waals surface area contributed by atoms with E-state index < -0.39 is 17.7 Å². The molecule has 76 valence electrons. The summed E-state index contributed by atoms with van der Waals surface area (Å²) in [5, 5.41) is 1.83. The van der Waals surface area contributed by atoms with E-state index in [4.69, 9.17) is 0 Å². The molecule has 1 heterocycles. The first-order chi connectivity index (χ1) is 6.39. The highest BCUT2D eigenvalue weighted by molar-refractivity contribution is 5.75. The van der Waals surface area contributed by atoms with Crippen LogP contribution in [0.1, 0.15) is 0 Å². The van der Waals surface area contributed by atoms with E-state index in [2.05, 4.69) is 4.84 Å². The minimum atomic E-state index is -5.10. The van der Waals surface area contributed by atoms with Crippen LogP contribution in [0.25, 0.3) is 0 Å². The Balaban J connectivity index is 2.80. The second kappa shape index (κ2) is 3.48. The normalized spacial score (nSPS) is 11.1. The largest absolute Gasteiger partial charge is 0.498 e. The summed E-state index contributed by atoms with van der Waals surface area (Å²) in [6, 6.07) is 2.18. The molecule has 1 aromatic heterocycles. The Labute approximate surface area is 74.7 Å². The molecule has 0 atom stereocenters. The fraction of sp³-hybridized carbons (Fsp3) is 0.167. The molecule has 0 amide bonds. The molecule has 1 N–H and O–H groups in total. The maximum Gasteiger partial charge on any atom is 0.498 e. The zero-order valence-electron chi connectivity index (χ0n) is 6.54. The van der Waals surface area contributed by atoms with Crippen molar-refractivity contribution in [2.45, 2.75) is 6.18 Å². The van der Waals surface area contributed by atoms with Crippen molar-refractivity contribution in [1.82, 2.24) is 5.10 Å². The number of hydrogen-bond donors (Lipinski definition) is 1. The molecule has 0 radical (unpaired) electrons. The number of aromatic amines is 1. The van der Waals surface area contributed by atoms with Gasteiger partial charge in [0.1, 0.15) is 4.85 Å². The highest BCUT2D eigenvalue weighted by Gasteiger charge is 2.45. The van der Waals surface area contributed by atoms with Gasteiger partial charge in [0.05, 0.1) is 0 Å². The summed E-state index contributed by atoms with van der Waals surface area (Å²) in [5.74, 6) is -2.41. The van der Waals surface area contributed by atoms with Gasteiger partial charge < -0.3 is 0 Å². The van der Waals surface area contributed by atoms with Gasteiger partial charge in [-0.3, -0.25) is 4.79 Å². The highest BCUT2D eigenvalue weighted by Crippen LogP contribution is 2.13. The van der Waals surface area contributed by atoms with Crippen molar-refractivity contribution < 1.29 is 27.6 Å². The van der Waals surface area contributed by atoms with E-state index in [0.29, 0.717) is 0 Å². The number of nitrogens with zero attached hydrogens (tertiary/aromatic N) is 1. The molecule has 0 spiro atoms. The maximum absolute atomic E-state index is 11.7. The van der Waals surface area contributed by atoms with E-state index in [9.17, 15) is 22.8 Å². The van der Waals surface area contributed by atoms with Gasteiger partial charge in [0.25, 0.3) is 6.20 Å². The van der Waals surface area contributed by atoms with Crippen molar-refractivity contribution in [3.8, 4) is 0 Å². The lowest BCUT2D eigenvalue weighted by Gasteiger charge is -1.98. The van der Waals surface area contributed by atoms with Gasteiger partial charge in [-0.2, -0.15) is 18.0 Å². The van der Waals surface area contributed by atoms with E-state index in [0.717, 1.165) is 18.3 Å². The number of aromatic nitrogens is 2. The van der Waals surface area contributed by atoms with Gasteiger partial charge in [-0.25, -0.2) is 4.79 Å². The van der Waals surface area contributed by atoms with Crippen LogP contribution in [0.3, 0.4) is 0 Å². The first kappa shape index (κ1) is 10.2. The Hall–Kier alpha value is -1.86. The summed E-state index contributed by atoms with van der Waals surface area (Å²) < 4.78 is 35.0. The van der Waals surface area contributed by atoms with Gasteiger partial charge in [-0.05, 0) is 0 Å². The molecule has 0 aromatic carbocycles. The standard InChI is InChI=1S/C6H3F3N2O3/c7-6(8,9)5(13)14-11-3-1-2-4(12)10-11/h1-3H/p+1. The maximum atomic E-state index is 11.7. The van der Waals surface area contributed by atoms with Crippen molar-refractivity contribution >= 4 is 5.97 Å². The molecule has 0 fully saturated rings. The average Bonchev–Trinajstić information content (AvgIpc) is 2.02. The van der Waals surface area contributed by atoms with Crippen molar-refractivity contribution in [1.29, 1.82) is 0 Å². The molecule has 0 aliphatic carbocycles. The number of carbonyl (C=O) groups is 1. The molecule has 0 aliphatic rings. The van der Waals surface area contributed by atoms with Crippen LogP contribution in [0.15, 0.2) is 23.1 Å². The second-order valence-electron chi connectivity index (χ2n) is 2.19. The number of carbonyl (C=O) groups excluding carboxylic acids is 1. The summed E-state index contributed by atoms with van der Waals surface area (Å²) in [6.45, 7) is 0. The Morgan fingerprint density at radius 3 is 2.64 bits per heavy atom. The first-order valence-corrected chi connectivity index (χ1v) is 3.30. The van der Waals surface area contributed by atoms with Crippen molar-refractivity contribution in [2.24, 2.45) is 0 Å². The van der Waals surface area contributed by atoms with Crippen molar-refractivity contribution in [3.05, 3.63) is 28.7 Å². The molecule has 0 saturated heterocycles. The molecule has 0 aliphatic heterocycles. The van der Waals surface area contributed by atoms with Gasteiger partial charge in [-0.1, -0.05) is 5.10 Å². The van der Waals surface area contributed by atoms with Gasteiger partial charge in [-0.15, -0.1) is 0 Å². The minimum Gasteiger partial charge on any atom is -0.264 e. The number of halogens is 3. The van der Waals surface area contributed by atoms with E-state index in [1.54, 1.807) is 0 Å². The molecule has 8 heteroatoms. The number of H-pyrrole nitrogens is 1. The Bertz CT molecular complexity index is 398. The average molecular weight is 209 g/mol. The first-order valence-electron chi connectivity index (χ1n) is 3.30. The number of alkyl halides is 3. The van der Waals surface area contributed by atoms with Crippen LogP contribution in [-0.2, 0) is 4.79 Å². The smallest absolute Gasteiger partial charge is 0.264 e. The third-order valence-corrected chi connectivity index (χ3v) is 1.10. The van der Waals surface area contributed by atoms with Gasteiger partial charge in [0.15, 0.2) is 0 Å². The van der Waals surface area contributed by atoms with E-state index in [1.807, 2.05) is 5.10 Å². The predicted molar refractivity (Wildman–Crippen MR) is 34.9 cm³/mol. The third kappa shape index (κ3) is 2.57. The van der Waals surface area contributed by atoms with Crippen LogP contribution in [0.2, 0.25) is 0 Å². The van der Waals surface area contributed by atoms with Crippen LogP contribution >= 0.6 is 0 Å². The monoisotopic (exact) mass is 209 g/mol. The number of nitrogens with one attached hydrogen (secondary N) is 1. The Morgan fingerprint density at radius 1 is 1.50 bits per heavy atom. The minimum absolute atomic E-state index is 0.276. The summed E-state index contributed by atoms with van der Waals surface area (Å²) in [5.41, 5.74) is -0.692. The van der Waals surface area contributed by atoms with Crippen LogP contribution in [-0.4, -0.2) is 17.2 Å². The van der Waals surface area contributed by atoms with Gasteiger partial charge in [0, 0.05) is 12.1 Å². The van der Waals surface area contributed by atoms with Crippen LogP contribution in [0, 0.1) is 0 Å². The zero-order chi connectivity index (χ0) is 10.8. The molecule has 5 nitrogen and oxygen atoms in total. The summed E-state index contributed by atoms with van der Waals surface area (Å²) >= 11 is 0. The molecule has 0 bridgehead atoms. The fourth-order valence-corrected chi connectivity index (χ4v) is 0.586. The highest BCUT2D eigenvalue weighted by atomic mass is 19.4. The Kier molecular flexibility index (Phi) is 2.54. The fourth-order valence-electron chi connectivity index (χ4n) is 0.586. The summed E-state index contributed by atoms with van der Waals surface area (Å²) in [4.78, 5) is 24.9. The van der Waals surface area contributed by atoms with Gasteiger partial charge in [0.2, 0.25) is 0 Å². The second-order valence-corrected chi connectivity index (χ2v) is 2.19. The van der Waals surface area contributed by atoms with Crippen LogP contribution in [0.4, 0.5) is 13.2 Å². The third-order valence-electron chi connectivity index (χ3n) is 1.10. The molecule has 14 heavy (non-hydrogen) atoms. The molecular formula is C6H4F3N2O3+. The van der Waals surface area contributed by atoms with E-state index in [-0.39, 0.29) is 4.85 Å². The lowest BCUT2D eigenvalue weighted by molar-refractivity contribution is -0.917. The van der Waals surface area contributed by atoms with Crippen LogP contribution in [0.5, 0.6) is 0 Å². The quantitative estimate of drug-likeness (QED) is 0.614. The molecular weight excluding hydrogens is 205 g/mol. The van der Waals surface area contributed by atoms with E-state index in [1.165, 1.54) is 0 Å². The molecule has 0 unspecified atom stereocenters.